The Labute approximate surface area is 159 Å². The number of hydrogen-bond acceptors (Lipinski definition) is 6. The first-order chi connectivity index (χ1) is 13.0. The maximum atomic E-state index is 13.0. The number of benzene rings is 1. The molecule has 0 saturated carbocycles. The Balaban J connectivity index is 2.01. The number of alkyl halides is 6. The average Bonchev–Trinajstić information content (AvgIpc) is 2.89. The number of carbonyl (C=O) groups excluding carboxylic acids is 1. The van der Waals surface area contributed by atoms with Crippen molar-refractivity contribution in [1.82, 2.24) is 4.90 Å². The van der Waals surface area contributed by atoms with E-state index in [0.29, 0.717) is 43.5 Å². The van der Waals surface area contributed by atoms with Gasteiger partial charge in [-0.25, -0.2) is 0 Å². The van der Waals surface area contributed by atoms with Crippen molar-refractivity contribution >= 4 is 22.6 Å². The van der Waals surface area contributed by atoms with Crippen LogP contribution in [0.4, 0.5) is 32.0 Å². The van der Waals surface area contributed by atoms with Gasteiger partial charge < -0.3 is 20.7 Å². The molecule has 1 atom stereocenters. The molecule has 5 nitrogen and oxygen atoms in total. The summed E-state index contributed by atoms with van der Waals surface area (Å²) in [5, 5.41) is 2.45. The highest BCUT2D eigenvalue weighted by atomic mass is 32.2. The number of hydrogen-bond donors (Lipinski definition) is 2. The average molecular weight is 427 g/mol. The summed E-state index contributed by atoms with van der Waals surface area (Å²) in [6.07, 6.45) is -9.94. The predicted molar refractivity (Wildman–Crippen MR) is 90.1 cm³/mol. The molecule has 1 aromatic carbocycles. The molecule has 154 valence electrons. The van der Waals surface area contributed by atoms with Crippen molar-refractivity contribution in [2.24, 2.45) is 5.73 Å². The molecule has 0 amide bonds. The molecule has 2 heterocycles. The molecule has 2 aliphatic rings. The second kappa shape index (κ2) is 7.48. The van der Waals surface area contributed by atoms with E-state index in [1.165, 1.54) is 0 Å². The van der Waals surface area contributed by atoms with Gasteiger partial charge in [-0.1, -0.05) is 0 Å². The largest absolute Gasteiger partial charge is 0.416 e. The molecule has 0 bridgehead atoms. The van der Waals surface area contributed by atoms with E-state index in [-0.39, 0.29) is 11.8 Å². The summed E-state index contributed by atoms with van der Waals surface area (Å²) < 4.78 is 83.5. The van der Waals surface area contributed by atoms with Gasteiger partial charge in [0.2, 0.25) is 5.12 Å². The minimum absolute atomic E-state index is 0.0386. The molecule has 0 spiro atoms. The Morgan fingerprint density at radius 3 is 2.07 bits per heavy atom. The number of halogens is 6. The van der Waals surface area contributed by atoms with Crippen molar-refractivity contribution < 1.29 is 35.9 Å². The summed E-state index contributed by atoms with van der Waals surface area (Å²) in [6.45, 7) is 1.60. The lowest BCUT2D eigenvalue weighted by Crippen LogP contribution is -2.36. The van der Waals surface area contributed by atoms with Gasteiger partial charge in [-0.05, 0) is 30.0 Å². The fraction of sp³-hybridized carbons (Fsp3) is 0.438. The van der Waals surface area contributed by atoms with Crippen LogP contribution < -0.4 is 11.1 Å². The van der Waals surface area contributed by atoms with Gasteiger partial charge in [0.25, 0.3) is 0 Å². The third kappa shape index (κ3) is 4.39. The Morgan fingerprint density at radius 2 is 1.57 bits per heavy atom. The Kier molecular flexibility index (Phi) is 5.56. The van der Waals surface area contributed by atoms with E-state index in [9.17, 15) is 31.1 Å². The highest BCUT2D eigenvalue weighted by Crippen LogP contribution is 2.40. The lowest BCUT2D eigenvalue weighted by Gasteiger charge is -2.30. The van der Waals surface area contributed by atoms with E-state index in [4.69, 9.17) is 10.5 Å². The van der Waals surface area contributed by atoms with E-state index >= 15 is 0 Å². The van der Waals surface area contributed by atoms with Crippen LogP contribution in [0.25, 0.3) is 0 Å². The summed E-state index contributed by atoms with van der Waals surface area (Å²) in [4.78, 5) is 13.8. The number of thioether (sulfide) groups is 1. The van der Waals surface area contributed by atoms with E-state index < -0.39 is 40.3 Å². The molecule has 0 aromatic heterocycles. The SMILES string of the molecule is NC1C(=O)SC(N2CCOCC2)=C1Nc1cc(C(F)(F)F)cc(C(F)(F)F)c1. The van der Waals surface area contributed by atoms with Crippen LogP contribution in [0.1, 0.15) is 11.1 Å². The van der Waals surface area contributed by atoms with Gasteiger partial charge in [0.1, 0.15) is 11.1 Å². The van der Waals surface area contributed by atoms with Crippen LogP contribution in [0.5, 0.6) is 0 Å². The molecule has 3 N–H and O–H groups in total. The summed E-state index contributed by atoms with van der Waals surface area (Å²) >= 11 is 0.806. The third-order valence-electron chi connectivity index (χ3n) is 4.16. The number of rotatable bonds is 3. The highest BCUT2D eigenvalue weighted by molar-refractivity contribution is 8.17. The lowest BCUT2D eigenvalue weighted by atomic mass is 10.1. The first-order valence-corrected chi connectivity index (χ1v) is 8.89. The number of nitrogens with zero attached hydrogens (tertiary/aromatic N) is 1. The van der Waals surface area contributed by atoms with Crippen LogP contribution >= 0.6 is 11.8 Å². The predicted octanol–water partition coefficient (Wildman–Crippen LogP) is 3.24. The van der Waals surface area contributed by atoms with Crippen molar-refractivity contribution in [3.63, 3.8) is 0 Å². The molecular weight excluding hydrogens is 412 g/mol. The molecule has 0 radical (unpaired) electrons. The van der Waals surface area contributed by atoms with Gasteiger partial charge in [-0.15, -0.1) is 0 Å². The maximum Gasteiger partial charge on any atom is 0.416 e. The van der Waals surface area contributed by atoms with Gasteiger partial charge in [0.15, 0.2) is 0 Å². The number of carbonyl (C=O) groups is 1. The van der Waals surface area contributed by atoms with Crippen LogP contribution in [-0.2, 0) is 21.9 Å². The number of nitrogens with two attached hydrogens (primary N) is 1. The van der Waals surface area contributed by atoms with Crippen molar-refractivity contribution in [2.45, 2.75) is 18.4 Å². The molecule has 2 aliphatic heterocycles. The van der Waals surface area contributed by atoms with Crippen molar-refractivity contribution in [1.29, 1.82) is 0 Å². The zero-order chi connectivity index (χ0) is 20.7. The molecule has 12 heteroatoms. The maximum absolute atomic E-state index is 13.0. The molecule has 1 aromatic rings. The fourth-order valence-electron chi connectivity index (χ4n) is 2.78. The monoisotopic (exact) mass is 427 g/mol. The molecule has 1 saturated heterocycles. The fourth-order valence-corrected chi connectivity index (χ4v) is 3.81. The Morgan fingerprint density at radius 1 is 1.04 bits per heavy atom. The number of anilines is 1. The van der Waals surface area contributed by atoms with Gasteiger partial charge in [-0.2, -0.15) is 26.3 Å². The topological polar surface area (TPSA) is 67.6 Å². The summed E-state index contributed by atoms with van der Waals surface area (Å²) in [7, 11) is 0. The minimum Gasteiger partial charge on any atom is -0.378 e. The molecule has 1 unspecified atom stereocenters. The van der Waals surface area contributed by atoms with Gasteiger partial charge in [0, 0.05) is 18.8 Å². The first-order valence-electron chi connectivity index (χ1n) is 8.07. The van der Waals surface area contributed by atoms with Crippen molar-refractivity contribution in [3.05, 3.63) is 40.1 Å². The van der Waals surface area contributed by atoms with Crippen LogP contribution in [0, 0.1) is 0 Å². The van der Waals surface area contributed by atoms with Gasteiger partial charge in [-0.3, -0.25) is 4.79 Å². The van der Waals surface area contributed by atoms with Crippen LogP contribution in [0.3, 0.4) is 0 Å². The Hall–Kier alpha value is -1.92. The summed E-state index contributed by atoms with van der Waals surface area (Å²) in [5.74, 6) is 0. The highest BCUT2D eigenvalue weighted by Gasteiger charge is 2.39. The van der Waals surface area contributed by atoms with Gasteiger partial charge in [0.05, 0.1) is 30.0 Å². The summed E-state index contributed by atoms with van der Waals surface area (Å²) in [5.41, 5.74) is 2.54. The van der Waals surface area contributed by atoms with Gasteiger partial charge >= 0.3 is 12.4 Å². The second-order valence-corrected chi connectivity index (χ2v) is 7.13. The minimum atomic E-state index is -4.97. The quantitative estimate of drug-likeness (QED) is 0.723. The lowest BCUT2D eigenvalue weighted by molar-refractivity contribution is -0.143. The van der Waals surface area contributed by atoms with Crippen LogP contribution in [0.15, 0.2) is 28.9 Å². The van der Waals surface area contributed by atoms with E-state index in [1.807, 2.05) is 0 Å². The second-order valence-electron chi connectivity index (χ2n) is 6.14. The molecule has 28 heavy (non-hydrogen) atoms. The van der Waals surface area contributed by atoms with Crippen molar-refractivity contribution in [2.75, 3.05) is 31.6 Å². The van der Waals surface area contributed by atoms with Crippen molar-refractivity contribution in [3.8, 4) is 0 Å². The third-order valence-corrected chi connectivity index (χ3v) is 5.28. The number of ether oxygens (including phenoxy) is 1. The first kappa shape index (κ1) is 20.8. The zero-order valence-electron chi connectivity index (χ0n) is 14.2. The van der Waals surface area contributed by atoms with E-state index in [0.717, 1.165) is 11.8 Å². The molecule has 1 fully saturated rings. The normalized spacial score (nSPS) is 21.5. The molecule has 3 rings (SSSR count). The van der Waals surface area contributed by atoms with Crippen LogP contribution in [-0.4, -0.2) is 42.4 Å². The Bertz CT molecular complexity index is 770. The standard InChI is InChI=1S/C16H15F6N3O2S/c17-15(18,19)8-5-9(16(20,21)22)7-10(6-8)24-12-11(23)14(26)28-13(12)25-1-3-27-4-2-25/h5-7,11,24H,1-4,23H2. The summed E-state index contributed by atoms with van der Waals surface area (Å²) in [6, 6.07) is -0.0398. The zero-order valence-corrected chi connectivity index (χ0v) is 15.0. The number of nitrogens with one attached hydrogen (secondary N) is 1. The van der Waals surface area contributed by atoms with E-state index in [1.54, 1.807) is 4.90 Å². The smallest absolute Gasteiger partial charge is 0.378 e. The molecule has 0 aliphatic carbocycles. The van der Waals surface area contributed by atoms with E-state index in [2.05, 4.69) is 5.32 Å². The molecular formula is C16H15F6N3O2S. The number of morpholine rings is 1. The van der Waals surface area contributed by atoms with Crippen LogP contribution in [0.2, 0.25) is 0 Å².